The van der Waals surface area contributed by atoms with E-state index in [1.165, 1.54) is 0 Å². The summed E-state index contributed by atoms with van der Waals surface area (Å²) < 4.78 is 0. The van der Waals surface area contributed by atoms with Crippen LogP contribution in [-0.4, -0.2) is 35.5 Å². The topological polar surface area (TPSA) is 52.5 Å². The summed E-state index contributed by atoms with van der Waals surface area (Å²) in [6.07, 6.45) is 1.07. The van der Waals surface area contributed by atoms with E-state index < -0.39 is 0 Å². The largest absolute Gasteiger partial charge is 0.395 e. The smallest absolute Gasteiger partial charge is 0.0607 e. The summed E-state index contributed by atoms with van der Waals surface area (Å²) in [4.78, 5) is 0. The molecule has 0 aliphatic carbocycles. The molecule has 3 nitrogen and oxygen atoms in total. The van der Waals surface area contributed by atoms with E-state index in [2.05, 4.69) is 26.1 Å². The van der Waals surface area contributed by atoms with Gasteiger partial charge in [-0.2, -0.15) is 0 Å². The van der Waals surface area contributed by atoms with Gasteiger partial charge in [0.25, 0.3) is 0 Å². The second-order valence-electron chi connectivity index (χ2n) is 3.76. The SMILES string of the molecule is CC(C)C[C@H](C)NC(CO)CO. The normalized spacial score (nSPS) is 14.2. The van der Waals surface area contributed by atoms with Gasteiger partial charge in [-0.25, -0.2) is 0 Å². The average Bonchev–Trinajstić information content (AvgIpc) is 1.98. The van der Waals surface area contributed by atoms with Crippen LogP contribution in [0.15, 0.2) is 0 Å². The molecule has 3 heteroatoms. The molecule has 0 saturated heterocycles. The van der Waals surface area contributed by atoms with Crippen LogP contribution in [0.3, 0.4) is 0 Å². The number of nitrogens with one attached hydrogen (secondary N) is 1. The van der Waals surface area contributed by atoms with Gasteiger partial charge in [-0.3, -0.25) is 0 Å². The lowest BCUT2D eigenvalue weighted by Gasteiger charge is -2.21. The Morgan fingerprint density at radius 1 is 1.08 bits per heavy atom. The van der Waals surface area contributed by atoms with Crippen LogP contribution in [0.1, 0.15) is 27.2 Å². The predicted molar refractivity (Wildman–Crippen MR) is 50.0 cm³/mol. The highest BCUT2D eigenvalue weighted by molar-refractivity contribution is 4.70. The monoisotopic (exact) mass is 175 g/mol. The third-order valence-corrected chi connectivity index (χ3v) is 1.79. The first-order valence-corrected chi connectivity index (χ1v) is 4.57. The Balaban J connectivity index is 3.58. The number of aliphatic hydroxyl groups is 2. The van der Waals surface area contributed by atoms with Gasteiger partial charge < -0.3 is 15.5 Å². The van der Waals surface area contributed by atoms with Gasteiger partial charge in [0, 0.05) is 6.04 Å². The Labute approximate surface area is 74.8 Å². The van der Waals surface area contributed by atoms with Crippen LogP contribution < -0.4 is 5.32 Å². The number of hydrogen-bond acceptors (Lipinski definition) is 3. The Morgan fingerprint density at radius 2 is 1.58 bits per heavy atom. The maximum absolute atomic E-state index is 8.79. The minimum atomic E-state index is -0.168. The van der Waals surface area contributed by atoms with Gasteiger partial charge in [0.05, 0.1) is 19.3 Å². The van der Waals surface area contributed by atoms with Crippen LogP contribution in [0.25, 0.3) is 0 Å². The Bertz CT molecular complexity index is 103. The standard InChI is InChI=1S/C9H21NO2/c1-7(2)4-8(3)10-9(5-11)6-12/h7-12H,4-6H2,1-3H3/t8-/m0/s1. The highest BCUT2D eigenvalue weighted by Crippen LogP contribution is 2.04. The van der Waals surface area contributed by atoms with Crippen LogP contribution in [0.5, 0.6) is 0 Å². The van der Waals surface area contributed by atoms with Crippen molar-refractivity contribution in [3.05, 3.63) is 0 Å². The first-order chi connectivity index (χ1) is 5.60. The molecule has 74 valence electrons. The van der Waals surface area contributed by atoms with E-state index in [0.717, 1.165) is 6.42 Å². The van der Waals surface area contributed by atoms with Crippen LogP contribution in [0, 0.1) is 5.92 Å². The molecular weight excluding hydrogens is 154 g/mol. The average molecular weight is 175 g/mol. The van der Waals surface area contributed by atoms with Gasteiger partial charge in [0.15, 0.2) is 0 Å². The van der Waals surface area contributed by atoms with Crippen molar-refractivity contribution in [2.75, 3.05) is 13.2 Å². The summed E-state index contributed by atoms with van der Waals surface area (Å²) in [5, 5.41) is 20.7. The minimum absolute atomic E-state index is 0.00106. The van der Waals surface area contributed by atoms with E-state index in [4.69, 9.17) is 10.2 Å². The van der Waals surface area contributed by atoms with E-state index in [0.29, 0.717) is 12.0 Å². The summed E-state index contributed by atoms with van der Waals surface area (Å²) >= 11 is 0. The maximum atomic E-state index is 8.79. The van der Waals surface area contributed by atoms with Crippen molar-refractivity contribution in [3.63, 3.8) is 0 Å². The zero-order valence-corrected chi connectivity index (χ0v) is 8.25. The summed E-state index contributed by atoms with van der Waals surface area (Å²) in [7, 11) is 0. The summed E-state index contributed by atoms with van der Waals surface area (Å²) in [6, 6.07) is 0.188. The van der Waals surface area contributed by atoms with E-state index in [1.54, 1.807) is 0 Å². The Hall–Kier alpha value is -0.120. The molecule has 12 heavy (non-hydrogen) atoms. The van der Waals surface area contributed by atoms with Crippen molar-refractivity contribution < 1.29 is 10.2 Å². The molecular formula is C9H21NO2. The molecule has 0 bridgehead atoms. The highest BCUT2D eigenvalue weighted by atomic mass is 16.3. The summed E-state index contributed by atoms with van der Waals surface area (Å²) in [6.45, 7) is 6.38. The second kappa shape index (κ2) is 6.40. The third kappa shape index (κ3) is 5.52. The van der Waals surface area contributed by atoms with Crippen LogP contribution in [-0.2, 0) is 0 Å². The summed E-state index contributed by atoms with van der Waals surface area (Å²) in [5.41, 5.74) is 0. The van der Waals surface area contributed by atoms with E-state index in [9.17, 15) is 0 Å². The molecule has 1 atom stereocenters. The molecule has 0 radical (unpaired) electrons. The number of aliphatic hydroxyl groups excluding tert-OH is 2. The molecule has 0 amide bonds. The maximum Gasteiger partial charge on any atom is 0.0607 e. The molecule has 0 unspecified atom stereocenters. The number of hydrogen-bond donors (Lipinski definition) is 3. The molecule has 0 aromatic rings. The fourth-order valence-corrected chi connectivity index (χ4v) is 1.34. The van der Waals surface area contributed by atoms with E-state index >= 15 is 0 Å². The summed E-state index contributed by atoms with van der Waals surface area (Å²) in [5.74, 6) is 0.644. The van der Waals surface area contributed by atoms with E-state index in [1.807, 2.05) is 0 Å². The lowest BCUT2D eigenvalue weighted by atomic mass is 10.0. The van der Waals surface area contributed by atoms with E-state index in [-0.39, 0.29) is 19.3 Å². The molecule has 0 spiro atoms. The zero-order chi connectivity index (χ0) is 9.56. The van der Waals surface area contributed by atoms with Crippen molar-refractivity contribution >= 4 is 0 Å². The second-order valence-corrected chi connectivity index (χ2v) is 3.76. The van der Waals surface area contributed by atoms with Crippen LogP contribution in [0.4, 0.5) is 0 Å². The van der Waals surface area contributed by atoms with Crippen LogP contribution >= 0.6 is 0 Å². The highest BCUT2D eigenvalue weighted by Gasteiger charge is 2.10. The Morgan fingerprint density at radius 3 is 1.92 bits per heavy atom. The van der Waals surface area contributed by atoms with Gasteiger partial charge in [-0.15, -0.1) is 0 Å². The van der Waals surface area contributed by atoms with Gasteiger partial charge >= 0.3 is 0 Å². The fourth-order valence-electron chi connectivity index (χ4n) is 1.34. The minimum Gasteiger partial charge on any atom is -0.395 e. The molecule has 0 saturated carbocycles. The predicted octanol–water partition coefficient (Wildman–Crippen LogP) is 0.364. The van der Waals surface area contributed by atoms with Crippen molar-refractivity contribution in [2.24, 2.45) is 5.92 Å². The lowest BCUT2D eigenvalue weighted by molar-refractivity contribution is 0.160. The zero-order valence-electron chi connectivity index (χ0n) is 8.25. The van der Waals surface area contributed by atoms with Gasteiger partial charge in [0.2, 0.25) is 0 Å². The first-order valence-electron chi connectivity index (χ1n) is 4.57. The molecule has 0 aromatic heterocycles. The Kier molecular flexibility index (Phi) is 6.34. The van der Waals surface area contributed by atoms with Crippen molar-refractivity contribution in [1.82, 2.24) is 5.32 Å². The third-order valence-electron chi connectivity index (χ3n) is 1.79. The van der Waals surface area contributed by atoms with Gasteiger partial charge in [-0.05, 0) is 19.3 Å². The van der Waals surface area contributed by atoms with Gasteiger partial charge in [-0.1, -0.05) is 13.8 Å². The quantitative estimate of drug-likeness (QED) is 0.546. The molecule has 0 fully saturated rings. The molecule has 3 N–H and O–H groups in total. The molecule has 0 rings (SSSR count). The molecule has 0 aromatic carbocycles. The van der Waals surface area contributed by atoms with Crippen molar-refractivity contribution in [1.29, 1.82) is 0 Å². The number of rotatable bonds is 6. The first kappa shape index (κ1) is 11.9. The molecule has 0 aliphatic rings. The lowest BCUT2D eigenvalue weighted by Crippen LogP contribution is -2.41. The molecule has 0 aliphatic heterocycles. The van der Waals surface area contributed by atoms with Crippen LogP contribution in [0.2, 0.25) is 0 Å². The molecule has 0 heterocycles. The van der Waals surface area contributed by atoms with Crippen molar-refractivity contribution in [3.8, 4) is 0 Å². The fraction of sp³-hybridized carbons (Fsp3) is 1.00. The van der Waals surface area contributed by atoms with Crippen molar-refractivity contribution in [2.45, 2.75) is 39.3 Å². The van der Waals surface area contributed by atoms with Gasteiger partial charge in [0.1, 0.15) is 0 Å².